The van der Waals surface area contributed by atoms with E-state index in [2.05, 4.69) is 5.32 Å². The van der Waals surface area contributed by atoms with E-state index in [9.17, 15) is 13.2 Å². The zero-order valence-corrected chi connectivity index (χ0v) is 19.2. The van der Waals surface area contributed by atoms with Gasteiger partial charge in [-0.05, 0) is 56.2 Å². The zero-order chi connectivity index (χ0) is 22.6. The number of nitrogens with zero attached hydrogens (tertiary/aromatic N) is 1. The first kappa shape index (κ1) is 22.8. The summed E-state index contributed by atoms with van der Waals surface area (Å²) < 4.78 is 27.8. The molecule has 0 fully saturated rings. The number of sulfonamides is 1. The van der Waals surface area contributed by atoms with E-state index in [1.54, 1.807) is 36.4 Å². The van der Waals surface area contributed by atoms with Crippen molar-refractivity contribution in [3.8, 4) is 0 Å². The predicted octanol–water partition coefficient (Wildman–Crippen LogP) is 5.03. The smallest absolute Gasteiger partial charge is 0.264 e. The summed E-state index contributed by atoms with van der Waals surface area (Å²) in [5.41, 5.74) is 3.21. The molecule has 3 aromatic rings. The molecule has 0 saturated heterocycles. The van der Waals surface area contributed by atoms with Crippen molar-refractivity contribution in [1.29, 1.82) is 0 Å². The summed E-state index contributed by atoms with van der Waals surface area (Å²) in [7, 11) is -3.97. The van der Waals surface area contributed by atoms with E-state index in [1.807, 2.05) is 45.0 Å². The number of aryl methyl sites for hydroxylation is 2. The van der Waals surface area contributed by atoms with Crippen molar-refractivity contribution in [3.05, 3.63) is 94.5 Å². The van der Waals surface area contributed by atoms with Crippen molar-refractivity contribution in [3.63, 3.8) is 0 Å². The highest BCUT2D eigenvalue weighted by molar-refractivity contribution is 7.92. The number of halogens is 1. The molecule has 0 heterocycles. The van der Waals surface area contributed by atoms with E-state index in [0.29, 0.717) is 10.7 Å². The number of benzene rings is 3. The maximum atomic E-state index is 13.4. The molecule has 3 aromatic carbocycles. The van der Waals surface area contributed by atoms with E-state index >= 15 is 0 Å². The third-order valence-corrected chi connectivity index (χ3v) is 7.21. The van der Waals surface area contributed by atoms with E-state index in [-0.39, 0.29) is 17.5 Å². The molecular formula is C24H25ClN2O3S. The van der Waals surface area contributed by atoms with Gasteiger partial charge in [0.1, 0.15) is 6.54 Å². The topological polar surface area (TPSA) is 66.5 Å². The number of carbonyl (C=O) groups is 1. The van der Waals surface area contributed by atoms with Crippen LogP contribution < -0.4 is 9.62 Å². The Labute approximate surface area is 188 Å². The lowest BCUT2D eigenvalue weighted by Crippen LogP contribution is -2.41. The molecule has 0 saturated carbocycles. The van der Waals surface area contributed by atoms with E-state index in [0.717, 1.165) is 21.0 Å². The lowest BCUT2D eigenvalue weighted by atomic mass is 10.1. The lowest BCUT2D eigenvalue weighted by molar-refractivity contribution is -0.120. The number of amides is 1. The Bertz CT molecular complexity index is 1160. The van der Waals surface area contributed by atoms with Crippen LogP contribution in [0.15, 0.2) is 77.7 Å². The van der Waals surface area contributed by atoms with Crippen LogP contribution in [0.25, 0.3) is 0 Å². The second kappa shape index (κ2) is 9.54. The highest BCUT2D eigenvalue weighted by atomic mass is 35.5. The normalized spacial score (nSPS) is 12.3. The molecule has 0 aliphatic heterocycles. The van der Waals surface area contributed by atoms with Gasteiger partial charge in [-0.25, -0.2) is 8.42 Å². The Morgan fingerprint density at radius 2 is 1.65 bits per heavy atom. The van der Waals surface area contributed by atoms with Gasteiger partial charge in [-0.1, -0.05) is 65.7 Å². The van der Waals surface area contributed by atoms with Crippen LogP contribution in [0, 0.1) is 13.8 Å². The molecule has 162 valence electrons. The molecule has 1 N–H and O–H groups in total. The van der Waals surface area contributed by atoms with E-state index < -0.39 is 15.9 Å². The van der Waals surface area contributed by atoms with Crippen LogP contribution in [0.2, 0.25) is 5.02 Å². The van der Waals surface area contributed by atoms with Crippen LogP contribution in [0.4, 0.5) is 5.69 Å². The molecule has 0 unspecified atom stereocenters. The summed E-state index contributed by atoms with van der Waals surface area (Å²) in [5.74, 6) is -0.413. The van der Waals surface area contributed by atoms with Gasteiger partial charge in [-0.2, -0.15) is 0 Å². The van der Waals surface area contributed by atoms with Gasteiger partial charge >= 0.3 is 0 Å². The molecule has 0 aliphatic carbocycles. The number of hydrogen-bond donors (Lipinski definition) is 1. The van der Waals surface area contributed by atoms with Gasteiger partial charge in [0.2, 0.25) is 5.91 Å². The minimum atomic E-state index is -3.97. The van der Waals surface area contributed by atoms with Gasteiger partial charge in [-0.3, -0.25) is 9.10 Å². The van der Waals surface area contributed by atoms with Crippen LogP contribution in [0.3, 0.4) is 0 Å². The van der Waals surface area contributed by atoms with Crippen LogP contribution in [-0.2, 0) is 14.8 Å². The molecular weight excluding hydrogens is 432 g/mol. The molecule has 3 rings (SSSR count). The average Bonchev–Trinajstić information content (AvgIpc) is 2.75. The van der Waals surface area contributed by atoms with E-state index in [1.165, 1.54) is 12.1 Å². The third kappa shape index (κ3) is 5.46. The second-order valence-electron chi connectivity index (χ2n) is 7.46. The van der Waals surface area contributed by atoms with Crippen LogP contribution in [0.5, 0.6) is 0 Å². The van der Waals surface area contributed by atoms with Crippen molar-refractivity contribution in [2.75, 3.05) is 10.8 Å². The average molecular weight is 457 g/mol. The number of nitrogens with one attached hydrogen (secondary N) is 1. The highest BCUT2D eigenvalue weighted by Gasteiger charge is 2.28. The first-order chi connectivity index (χ1) is 14.7. The standard InChI is InChI=1S/C24H25ClN2O3S/c1-17-9-12-20(13-10-17)19(3)26-24(28)16-27(21-14-11-18(2)23(25)15-21)31(29,30)22-7-5-4-6-8-22/h4-15,19H,16H2,1-3H3,(H,26,28)/t19-/m1/s1. The van der Waals surface area contributed by atoms with Crippen molar-refractivity contribution < 1.29 is 13.2 Å². The Morgan fingerprint density at radius 1 is 1.00 bits per heavy atom. The van der Waals surface area contributed by atoms with E-state index in [4.69, 9.17) is 11.6 Å². The Kier molecular flexibility index (Phi) is 7.03. The number of hydrogen-bond acceptors (Lipinski definition) is 3. The minimum Gasteiger partial charge on any atom is -0.348 e. The molecule has 31 heavy (non-hydrogen) atoms. The number of rotatable bonds is 7. The van der Waals surface area contributed by atoms with Gasteiger partial charge in [0.25, 0.3) is 10.0 Å². The van der Waals surface area contributed by atoms with Crippen molar-refractivity contribution in [2.45, 2.75) is 31.7 Å². The van der Waals surface area contributed by atoms with Gasteiger partial charge < -0.3 is 5.32 Å². The van der Waals surface area contributed by atoms with Crippen molar-refractivity contribution in [2.24, 2.45) is 0 Å². The maximum Gasteiger partial charge on any atom is 0.264 e. The molecule has 0 aromatic heterocycles. The molecule has 0 radical (unpaired) electrons. The molecule has 1 atom stereocenters. The first-order valence-corrected chi connectivity index (χ1v) is 11.7. The van der Waals surface area contributed by atoms with Gasteiger partial charge in [0.05, 0.1) is 16.6 Å². The Morgan fingerprint density at radius 3 is 2.26 bits per heavy atom. The quantitative estimate of drug-likeness (QED) is 0.542. The summed E-state index contributed by atoms with van der Waals surface area (Å²) in [6, 6.07) is 20.5. The fourth-order valence-electron chi connectivity index (χ4n) is 3.13. The van der Waals surface area contributed by atoms with Gasteiger partial charge in [0.15, 0.2) is 0 Å². The molecule has 0 bridgehead atoms. The largest absolute Gasteiger partial charge is 0.348 e. The van der Waals surface area contributed by atoms with Crippen molar-refractivity contribution >= 4 is 33.2 Å². The first-order valence-electron chi connectivity index (χ1n) is 9.88. The minimum absolute atomic E-state index is 0.103. The SMILES string of the molecule is Cc1ccc([C@@H](C)NC(=O)CN(c2ccc(C)c(Cl)c2)S(=O)(=O)c2ccccc2)cc1. The van der Waals surface area contributed by atoms with Crippen LogP contribution >= 0.6 is 11.6 Å². The maximum absolute atomic E-state index is 13.4. The third-order valence-electron chi connectivity index (χ3n) is 5.02. The molecule has 0 spiro atoms. The lowest BCUT2D eigenvalue weighted by Gasteiger charge is -2.25. The summed E-state index contributed by atoms with van der Waals surface area (Å²) in [5, 5.41) is 3.32. The van der Waals surface area contributed by atoms with Gasteiger partial charge in [-0.15, -0.1) is 0 Å². The van der Waals surface area contributed by atoms with Crippen LogP contribution in [0.1, 0.15) is 29.7 Å². The number of anilines is 1. The number of carbonyl (C=O) groups excluding carboxylic acids is 1. The van der Waals surface area contributed by atoms with Crippen LogP contribution in [-0.4, -0.2) is 20.9 Å². The monoisotopic (exact) mass is 456 g/mol. The molecule has 0 aliphatic rings. The molecule has 5 nitrogen and oxygen atoms in total. The Balaban J connectivity index is 1.90. The Hall–Kier alpha value is -2.83. The summed E-state index contributed by atoms with van der Waals surface area (Å²) >= 11 is 6.25. The fourth-order valence-corrected chi connectivity index (χ4v) is 4.74. The summed E-state index contributed by atoms with van der Waals surface area (Å²) in [6.45, 7) is 5.32. The molecule has 1 amide bonds. The second-order valence-corrected chi connectivity index (χ2v) is 9.73. The van der Waals surface area contributed by atoms with Crippen molar-refractivity contribution in [1.82, 2.24) is 5.32 Å². The molecule has 7 heteroatoms. The fraction of sp³-hybridized carbons (Fsp3) is 0.208. The summed E-state index contributed by atoms with van der Waals surface area (Å²) in [4.78, 5) is 13.0. The predicted molar refractivity (Wildman–Crippen MR) is 125 cm³/mol. The summed E-state index contributed by atoms with van der Waals surface area (Å²) in [6.07, 6.45) is 0. The van der Waals surface area contributed by atoms with Gasteiger partial charge in [0, 0.05) is 5.02 Å². The zero-order valence-electron chi connectivity index (χ0n) is 17.7. The highest BCUT2D eigenvalue weighted by Crippen LogP contribution is 2.28.